The van der Waals surface area contributed by atoms with E-state index in [-0.39, 0.29) is 18.9 Å². The molecular weight excluding hydrogens is 364 g/mol. The Morgan fingerprint density at radius 3 is 2.82 bits per heavy atom. The van der Waals surface area contributed by atoms with E-state index in [0.717, 1.165) is 31.9 Å². The van der Waals surface area contributed by atoms with Crippen molar-refractivity contribution in [1.82, 2.24) is 15.2 Å². The van der Waals surface area contributed by atoms with Crippen molar-refractivity contribution in [3.05, 3.63) is 24.1 Å². The number of oxazole rings is 1. The lowest BCUT2D eigenvalue weighted by Gasteiger charge is -2.33. The highest BCUT2D eigenvalue weighted by Crippen LogP contribution is 2.24. The highest BCUT2D eigenvalue weighted by atomic mass is 16.6. The summed E-state index contributed by atoms with van der Waals surface area (Å²) in [5.41, 5.74) is 7.30. The molecule has 1 fully saturated rings. The van der Waals surface area contributed by atoms with E-state index in [1.54, 1.807) is 6.07 Å². The van der Waals surface area contributed by atoms with E-state index < -0.39 is 18.1 Å². The zero-order chi connectivity index (χ0) is 20.1. The Kier molecular flexibility index (Phi) is 5.96. The van der Waals surface area contributed by atoms with Crippen LogP contribution in [0.5, 0.6) is 0 Å². The molecule has 3 N–H and O–H groups in total. The third-order valence-corrected chi connectivity index (χ3v) is 4.54. The van der Waals surface area contributed by atoms with Gasteiger partial charge in [-0.25, -0.2) is 9.78 Å². The maximum atomic E-state index is 12.1. The molecular formula is C18H22N6O4. The first-order valence-corrected chi connectivity index (χ1v) is 8.90. The largest absolute Gasteiger partial charge is 0.440 e. The second-order valence-corrected chi connectivity index (χ2v) is 6.56. The van der Waals surface area contributed by atoms with Crippen LogP contribution in [0.25, 0.3) is 11.1 Å². The minimum Gasteiger partial charge on any atom is -0.440 e. The van der Waals surface area contributed by atoms with Gasteiger partial charge in [-0.15, -0.1) is 0 Å². The molecule has 3 rings (SSSR count). The molecule has 2 amide bonds. The average Bonchev–Trinajstić information content (AvgIpc) is 3.07. The van der Waals surface area contributed by atoms with Gasteiger partial charge in [0.05, 0.1) is 12.5 Å². The van der Waals surface area contributed by atoms with Gasteiger partial charge in [0.1, 0.15) is 12.1 Å². The van der Waals surface area contributed by atoms with Crippen molar-refractivity contribution in [2.24, 2.45) is 5.73 Å². The van der Waals surface area contributed by atoms with Crippen molar-refractivity contribution < 1.29 is 18.7 Å². The number of aromatic nitrogens is 1. The molecule has 28 heavy (non-hydrogen) atoms. The molecule has 0 spiro atoms. The second-order valence-electron chi connectivity index (χ2n) is 6.56. The Morgan fingerprint density at radius 2 is 2.14 bits per heavy atom. The van der Waals surface area contributed by atoms with E-state index >= 15 is 0 Å². The molecule has 1 aromatic carbocycles. The summed E-state index contributed by atoms with van der Waals surface area (Å²) in [5, 5.41) is 10.9. The number of nitrogens with two attached hydrogens (primary N) is 1. The third-order valence-electron chi connectivity index (χ3n) is 4.54. The number of benzene rings is 1. The van der Waals surface area contributed by atoms with Gasteiger partial charge in [0.25, 0.3) is 5.91 Å². The molecule has 0 aliphatic carbocycles. The number of amides is 2. The van der Waals surface area contributed by atoms with E-state index in [0.29, 0.717) is 11.1 Å². The van der Waals surface area contributed by atoms with E-state index in [4.69, 9.17) is 20.1 Å². The van der Waals surface area contributed by atoms with Crippen LogP contribution in [0.15, 0.2) is 22.6 Å². The van der Waals surface area contributed by atoms with Gasteiger partial charge in [-0.1, -0.05) is 0 Å². The van der Waals surface area contributed by atoms with E-state index in [1.807, 2.05) is 18.2 Å². The number of anilines is 1. The number of hydrogen-bond donors (Lipinski definition) is 2. The fourth-order valence-corrected chi connectivity index (χ4v) is 3.04. The van der Waals surface area contributed by atoms with Crippen LogP contribution in [-0.2, 0) is 16.0 Å². The lowest BCUT2D eigenvalue weighted by Crippen LogP contribution is -2.44. The van der Waals surface area contributed by atoms with Crippen LogP contribution in [0.1, 0.15) is 5.89 Å². The topological polar surface area (TPSA) is 138 Å². The lowest BCUT2D eigenvalue weighted by atomic mass is 10.2. The smallest absolute Gasteiger partial charge is 0.405 e. The van der Waals surface area contributed by atoms with Crippen molar-refractivity contribution >= 4 is 28.8 Å². The number of likely N-dealkylation sites (N-methyl/N-ethyl adjacent to an activating group) is 1. The Labute approximate surface area is 161 Å². The number of hydrogen-bond acceptors (Lipinski definition) is 8. The molecule has 0 radical (unpaired) electrons. The number of nitrogens with one attached hydrogen (secondary N) is 1. The predicted octanol–water partition coefficient (Wildman–Crippen LogP) is 0.226. The summed E-state index contributed by atoms with van der Waals surface area (Å²) in [6.07, 6.45) is -2.40. The number of carbonyl (C=O) groups is 2. The SMILES string of the molecule is CN1CCN(c2ccc3nc(C[C@H](OC(N)=O)C(=O)NCC#N)oc3c2)CC1. The number of nitrogens with zero attached hydrogens (tertiary/aromatic N) is 4. The summed E-state index contributed by atoms with van der Waals surface area (Å²) in [5.74, 6) is -0.399. The number of piperazine rings is 1. The van der Waals surface area contributed by atoms with E-state index in [1.165, 1.54) is 0 Å². The maximum absolute atomic E-state index is 12.1. The van der Waals surface area contributed by atoms with Crippen LogP contribution < -0.4 is 16.0 Å². The zero-order valence-corrected chi connectivity index (χ0v) is 15.6. The second kappa shape index (κ2) is 8.58. The van der Waals surface area contributed by atoms with Crippen LogP contribution in [-0.4, -0.2) is 67.8 Å². The summed E-state index contributed by atoms with van der Waals surface area (Å²) in [6, 6.07) is 7.54. The summed E-state index contributed by atoms with van der Waals surface area (Å²) in [6.45, 7) is 3.62. The van der Waals surface area contributed by atoms with Gasteiger partial charge in [-0.05, 0) is 19.2 Å². The third kappa shape index (κ3) is 4.69. The molecule has 2 aromatic rings. The number of rotatable bonds is 6. The van der Waals surface area contributed by atoms with Gasteiger partial charge in [-0.3, -0.25) is 4.79 Å². The van der Waals surface area contributed by atoms with Crippen LogP contribution in [0, 0.1) is 11.3 Å². The van der Waals surface area contributed by atoms with Crippen LogP contribution >= 0.6 is 0 Å². The first kappa shape index (κ1) is 19.4. The molecule has 1 saturated heterocycles. The summed E-state index contributed by atoms with van der Waals surface area (Å²) in [4.78, 5) is 32.1. The maximum Gasteiger partial charge on any atom is 0.405 e. The summed E-state index contributed by atoms with van der Waals surface area (Å²) in [7, 11) is 2.10. The molecule has 1 atom stereocenters. The molecule has 0 unspecified atom stereocenters. The average molecular weight is 386 g/mol. The van der Waals surface area contributed by atoms with Crippen molar-refractivity contribution in [3.63, 3.8) is 0 Å². The molecule has 10 heteroatoms. The fraction of sp³-hybridized carbons (Fsp3) is 0.444. The van der Waals surface area contributed by atoms with Gasteiger partial charge in [0, 0.05) is 37.9 Å². The first-order valence-electron chi connectivity index (χ1n) is 8.90. The molecule has 10 nitrogen and oxygen atoms in total. The van der Waals surface area contributed by atoms with Gasteiger partial charge < -0.3 is 30.0 Å². The summed E-state index contributed by atoms with van der Waals surface area (Å²) < 4.78 is 10.6. The van der Waals surface area contributed by atoms with Crippen molar-refractivity contribution in [2.75, 3.05) is 44.7 Å². The standard InChI is InChI=1S/C18H22N6O4/c1-23-6-8-24(9-7-23)12-2-3-13-14(10-12)27-16(22-13)11-15(28-18(20)26)17(25)21-5-4-19/h2-3,10,15H,5-9,11H2,1H3,(H2,20,26)(H,21,25)/t15-/m0/s1. The van der Waals surface area contributed by atoms with E-state index in [9.17, 15) is 9.59 Å². The number of primary amides is 1. The van der Waals surface area contributed by atoms with Gasteiger partial charge in [-0.2, -0.15) is 5.26 Å². The van der Waals surface area contributed by atoms with Crippen molar-refractivity contribution in [3.8, 4) is 6.07 Å². The Balaban J connectivity index is 1.75. The van der Waals surface area contributed by atoms with Crippen LogP contribution in [0.3, 0.4) is 0 Å². The molecule has 1 aliphatic rings. The van der Waals surface area contributed by atoms with Gasteiger partial charge >= 0.3 is 6.09 Å². The minimum absolute atomic E-state index is 0.0846. The van der Waals surface area contributed by atoms with Gasteiger partial charge in [0.15, 0.2) is 17.6 Å². The molecule has 1 aliphatic heterocycles. The fourth-order valence-electron chi connectivity index (χ4n) is 3.04. The Morgan fingerprint density at radius 1 is 1.39 bits per heavy atom. The number of ether oxygens (including phenoxy) is 1. The molecule has 2 heterocycles. The van der Waals surface area contributed by atoms with Crippen molar-refractivity contribution in [2.45, 2.75) is 12.5 Å². The highest BCUT2D eigenvalue weighted by Gasteiger charge is 2.25. The van der Waals surface area contributed by atoms with Crippen LogP contribution in [0.4, 0.5) is 10.5 Å². The van der Waals surface area contributed by atoms with Crippen molar-refractivity contribution in [1.29, 1.82) is 5.26 Å². The number of nitriles is 1. The van der Waals surface area contributed by atoms with Crippen LogP contribution in [0.2, 0.25) is 0 Å². The zero-order valence-electron chi connectivity index (χ0n) is 15.6. The predicted molar refractivity (Wildman–Crippen MR) is 101 cm³/mol. The normalized spacial score (nSPS) is 15.8. The minimum atomic E-state index is -1.23. The van der Waals surface area contributed by atoms with Gasteiger partial charge in [0.2, 0.25) is 0 Å². The molecule has 0 bridgehead atoms. The molecule has 1 aromatic heterocycles. The lowest BCUT2D eigenvalue weighted by molar-refractivity contribution is -0.129. The molecule has 0 saturated carbocycles. The van der Waals surface area contributed by atoms with E-state index in [2.05, 4.69) is 27.1 Å². The highest BCUT2D eigenvalue weighted by molar-refractivity contribution is 5.84. The monoisotopic (exact) mass is 386 g/mol. The summed E-state index contributed by atoms with van der Waals surface area (Å²) >= 11 is 0. The number of carbonyl (C=O) groups excluding carboxylic acids is 2. The quantitative estimate of drug-likeness (QED) is 0.673. The Bertz CT molecular complexity index is 897. The first-order chi connectivity index (χ1) is 13.5. The Hall–Kier alpha value is -3.32. The molecule has 148 valence electrons. The number of fused-ring (bicyclic) bond motifs is 1.